The molecule has 1 aromatic carbocycles. The third-order valence-corrected chi connectivity index (χ3v) is 2.55. The Bertz CT molecular complexity index is 331. The molecule has 13 heavy (non-hydrogen) atoms. The fraction of sp³-hybridized carbons (Fsp3) is 0.455. The average molecular weight is 178 g/mol. The highest BCUT2D eigenvalue weighted by atomic mass is 16.5. The lowest BCUT2D eigenvalue weighted by atomic mass is 9.98. The van der Waals surface area contributed by atoms with E-state index in [1.165, 1.54) is 5.56 Å². The number of hydrogen-bond acceptors (Lipinski definition) is 2. The minimum absolute atomic E-state index is 0.272. The molecule has 0 bridgehead atoms. The number of aromatic hydroxyl groups is 1. The molecule has 0 aliphatic carbocycles. The van der Waals surface area contributed by atoms with Crippen LogP contribution >= 0.6 is 0 Å². The fourth-order valence-electron chi connectivity index (χ4n) is 1.82. The number of benzene rings is 1. The van der Waals surface area contributed by atoms with Crippen molar-refractivity contribution in [1.29, 1.82) is 0 Å². The molecule has 1 aliphatic rings. The second-order valence-electron chi connectivity index (χ2n) is 3.71. The first-order valence-electron chi connectivity index (χ1n) is 4.66. The number of ether oxygens (including phenoxy) is 1. The van der Waals surface area contributed by atoms with E-state index in [1.54, 1.807) is 12.1 Å². The first kappa shape index (κ1) is 8.42. The summed E-state index contributed by atoms with van der Waals surface area (Å²) in [6.07, 6.45) is 2.40. The van der Waals surface area contributed by atoms with Gasteiger partial charge in [-0.3, -0.25) is 0 Å². The van der Waals surface area contributed by atoms with Gasteiger partial charge < -0.3 is 9.84 Å². The maximum Gasteiger partial charge on any atom is 0.126 e. The summed E-state index contributed by atoms with van der Waals surface area (Å²) >= 11 is 0. The van der Waals surface area contributed by atoms with Crippen LogP contribution in [0.25, 0.3) is 0 Å². The predicted molar refractivity (Wildman–Crippen MR) is 51.3 cm³/mol. The number of phenolic OH excluding ortho intramolecular Hbond substituents is 1. The summed E-state index contributed by atoms with van der Waals surface area (Å²) in [6.45, 7) is 4.07. The zero-order chi connectivity index (χ0) is 9.42. The summed E-state index contributed by atoms with van der Waals surface area (Å²) < 4.78 is 5.63. The second kappa shape index (κ2) is 2.95. The van der Waals surface area contributed by atoms with E-state index >= 15 is 0 Å². The molecule has 0 spiro atoms. The van der Waals surface area contributed by atoms with Gasteiger partial charge >= 0.3 is 0 Å². The van der Waals surface area contributed by atoms with E-state index in [0.717, 1.165) is 24.2 Å². The van der Waals surface area contributed by atoms with Gasteiger partial charge in [0.15, 0.2) is 0 Å². The SMILES string of the molecule is Cc1cc(O)cc2c1CCC(C)O2. The third-order valence-electron chi connectivity index (χ3n) is 2.55. The van der Waals surface area contributed by atoms with Gasteiger partial charge in [0.05, 0.1) is 6.10 Å². The Morgan fingerprint density at radius 2 is 2.23 bits per heavy atom. The van der Waals surface area contributed by atoms with Crippen molar-refractivity contribution in [2.24, 2.45) is 0 Å². The van der Waals surface area contributed by atoms with Crippen LogP contribution in [-0.4, -0.2) is 11.2 Å². The summed E-state index contributed by atoms with van der Waals surface area (Å²) in [5.41, 5.74) is 2.37. The van der Waals surface area contributed by atoms with Crippen LogP contribution in [0.2, 0.25) is 0 Å². The smallest absolute Gasteiger partial charge is 0.126 e. The number of hydrogen-bond donors (Lipinski definition) is 1. The Balaban J connectivity index is 2.47. The topological polar surface area (TPSA) is 29.5 Å². The Hall–Kier alpha value is -1.18. The van der Waals surface area contributed by atoms with Crippen LogP contribution in [0, 0.1) is 6.92 Å². The Labute approximate surface area is 78.2 Å². The molecule has 1 aliphatic heterocycles. The van der Waals surface area contributed by atoms with Crippen LogP contribution in [0.3, 0.4) is 0 Å². The highest BCUT2D eigenvalue weighted by Crippen LogP contribution is 2.33. The van der Waals surface area contributed by atoms with Gasteiger partial charge in [0, 0.05) is 6.07 Å². The maximum absolute atomic E-state index is 9.38. The van der Waals surface area contributed by atoms with Crippen LogP contribution in [0.1, 0.15) is 24.5 Å². The second-order valence-corrected chi connectivity index (χ2v) is 3.71. The van der Waals surface area contributed by atoms with E-state index in [9.17, 15) is 5.11 Å². The first-order valence-corrected chi connectivity index (χ1v) is 4.66. The summed E-state index contributed by atoms with van der Waals surface area (Å²) in [5.74, 6) is 1.15. The molecule has 2 nitrogen and oxygen atoms in total. The molecule has 2 rings (SSSR count). The monoisotopic (exact) mass is 178 g/mol. The van der Waals surface area contributed by atoms with Gasteiger partial charge in [-0.25, -0.2) is 0 Å². The average Bonchev–Trinajstić information content (AvgIpc) is 2.02. The molecule has 0 radical (unpaired) electrons. The lowest BCUT2D eigenvalue weighted by Gasteiger charge is -2.24. The number of aryl methyl sites for hydroxylation is 1. The molecule has 0 aromatic heterocycles. The molecule has 0 fully saturated rings. The highest BCUT2D eigenvalue weighted by molar-refractivity contribution is 5.46. The lowest BCUT2D eigenvalue weighted by molar-refractivity contribution is 0.191. The standard InChI is InChI=1S/C11H14O2/c1-7-5-9(12)6-11-10(7)4-3-8(2)13-11/h5-6,8,12H,3-4H2,1-2H3. The molecule has 1 atom stereocenters. The van der Waals surface area contributed by atoms with E-state index in [1.807, 2.05) is 6.92 Å². The highest BCUT2D eigenvalue weighted by Gasteiger charge is 2.18. The van der Waals surface area contributed by atoms with Gasteiger partial charge in [-0.15, -0.1) is 0 Å². The molecular formula is C11H14O2. The molecule has 1 aromatic rings. The van der Waals surface area contributed by atoms with Crippen LogP contribution in [0.15, 0.2) is 12.1 Å². The minimum atomic E-state index is 0.272. The van der Waals surface area contributed by atoms with E-state index in [2.05, 4.69) is 6.92 Å². The molecule has 0 saturated carbocycles. The minimum Gasteiger partial charge on any atom is -0.508 e. The quantitative estimate of drug-likeness (QED) is 0.661. The zero-order valence-electron chi connectivity index (χ0n) is 8.00. The summed E-state index contributed by atoms with van der Waals surface area (Å²) in [6, 6.07) is 3.50. The van der Waals surface area contributed by atoms with Crippen molar-refractivity contribution in [3.63, 3.8) is 0 Å². The summed E-state index contributed by atoms with van der Waals surface area (Å²) in [4.78, 5) is 0. The van der Waals surface area contributed by atoms with Gasteiger partial charge in [-0.05, 0) is 43.9 Å². The van der Waals surface area contributed by atoms with Crippen molar-refractivity contribution in [2.75, 3.05) is 0 Å². The van der Waals surface area contributed by atoms with Crippen LogP contribution in [-0.2, 0) is 6.42 Å². The van der Waals surface area contributed by atoms with Gasteiger partial charge in [0.2, 0.25) is 0 Å². The molecule has 1 N–H and O–H groups in total. The van der Waals surface area contributed by atoms with Crippen LogP contribution in [0.5, 0.6) is 11.5 Å². The van der Waals surface area contributed by atoms with E-state index in [-0.39, 0.29) is 6.10 Å². The van der Waals surface area contributed by atoms with Crippen molar-refractivity contribution >= 4 is 0 Å². The molecule has 2 heteroatoms. The molecule has 0 amide bonds. The Kier molecular flexibility index (Phi) is 1.91. The zero-order valence-corrected chi connectivity index (χ0v) is 8.00. The number of phenols is 1. The number of fused-ring (bicyclic) bond motifs is 1. The first-order chi connectivity index (χ1) is 6.16. The summed E-state index contributed by atoms with van der Waals surface area (Å²) in [7, 11) is 0. The number of rotatable bonds is 0. The van der Waals surface area contributed by atoms with Crippen molar-refractivity contribution in [3.05, 3.63) is 23.3 Å². The normalized spacial score (nSPS) is 20.6. The van der Waals surface area contributed by atoms with E-state index in [4.69, 9.17) is 4.74 Å². The molecular weight excluding hydrogens is 164 g/mol. The van der Waals surface area contributed by atoms with Crippen molar-refractivity contribution in [3.8, 4) is 11.5 Å². The predicted octanol–water partition coefficient (Wildman–Crippen LogP) is 2.41. The third kappa shape index (κ3) is 1.48. The van der Waals surface area contributed by atoms with Gasteiger partial charge in [-0.2, -0.15) is 0 Å². The molecule has 1 unspecified atom stereocenters. The largest absolute Gasteiger partial charge is 0.508 e. The van der Waals surface area contributed by atoms with Crippen molar-refractivity contribution in [1.82, 2.24) is 0 Å². The molecule has 0 saturated heterocycles. The van der Waals surface area contributed by atoms with Gasteiger partial charge in [-0.1, -0.05) is 0 Å². The Morgan fingerprint density at radius 3 is 3.00 bits per heavy atom. The van der Waals surface area contributed by atoms with E-state index < -0.39 is 0 Å². The van der Waals surface area contributed by atoms with Crippen LogP contribution in [0.4, 0.5) is 0 Å². The lowest BCUT2D eigenvalue weighted by Crippen LogP contribution is -2.19. The fourth-order valence-corrected chi connectivity index (χ4v) is 1.82. The van der Waals surface area contributed by atoms with Gasteiger partial charge in [0.1, 0.15) is 11.5 Å². The van der Waals surface area contributed by atoms with E-state index in [0.29, 0.717) is 5.75 Å². The molecule has 70 valence electrons. The summed E-state index contributed by atoms with van der Waals surface area (Å²) in [5, 5.41) is 9.38. The Morgan fingerprint density at radius 1 is 1.46 bits per heavy atom. The maximum atomic E-state index is 9.38. The van der Waals surface area contributed by atoms with Gasteiger partial charge in [0.25, 0.3) is 0 Å². The van der Waals surface area contributed by atoms with Crippen molar-refractivity contribution in [2.45, 2.75) is 32.8 Å². The molecule has 1 heterocycles. The van der Waals surface area contributed by atoms with Crippen LogP contribution < -0.4 is 4.74 Å². The van der Waals surface area contributed by atoms with Crippen molar-refractivity contribution < 1.29 is 9.84 Å².